The van der Waals surface area contributed by atoms with Crippen LogP contribution >= 0.6 is 0 Å². The van der Waals surface area contributed by atoms with Crippen LogP contribution in [0.5, 0.6) is 5.75 Å². The molecule has 11 heteroatoms. The Kier molecular flexibility index (Phi) is 9.32. The topological polar surface area (TPSA) is 123 Å². The number of hydrogen-bond acceptors (Lipinski definition) is 8. The number of rotatable bonds is 12. The highest BCUT2D eigenvalue weighted by Crippen LogP contribution is 2.40. The van der Waals surface area contributed by atoms with Crippen LogP contribution in [0.2, 0.25) is 0 Å². The molecule has 1 aliphatic heterocycles. The minimum Gasteiger partial charge on any atom is -0.494 e. The van der Waals surface area contributed by atoms with E-state index in [-0.39, 0.29) is 42.8 Å². The molecule has 1 atom stereocenters. The Morgan fingerprint density at radius 3 is 2.55 bits per heavy atom. The molecule has 1 amide bonds. The van der Waals surface area contributed by atoms with E-state index in [2.05, 4.69) is 5.32 Å². The highest BCUT2D eigenvalue weighted by atomic mass is 19.1. The van der Waals surface area contributed by atoms with Crippen LogP contribution < -0.4 is 15.6 Å². The van der Waals surface area contributed by atoms with Gasteiger partial charge in [0.1, 0.15) is 6.61 Å². The van der Waals surface area contributed by atoms with Crippen molar-refractivity contribution in [2.24, 2.45) is 0 Å². The van der Waals surface area contributed by atoms with Gasteiger partial charge >= 0.3 is 5.97 Å². The van der Waals surface area contributed by atoms with Crippen LogP contribution in [-0.4, -0.2) is 65.7 Å². The van der Waals surface area contributed by atoms with Crippen molar-refractivity contribution < 1.29 is 28.6 Å². The number of fused-ring (bicyclic) bond motifs is 4. The number of nitrogens with one attached hydrogen (secondary N) is 1. The number of likely N-dealkylation sites (N-methyl/N-ethyl adjacent to an activating group) is 1. The molecule has 0 fully saturated rings. The quantitative estimate of drug-likeness (QED) is 0.244. The van der Waals surface area contributed by atoms with Crippen molar-refractivity contribution in [3.05, 3.63) is 56.6 Å². The summed E-state index contributed by atoms with van der Waals surface area (Å²) in [5.74, 6) is -1.61. The second kappa shape index (κ2) is 12.6. The third-order valence-corrected chi connectivity index (χ3v) is 7.80. The maximum atomic E-state index is 14.7. The van der Waals surface area contributed by atoms with E-state index in [1.807, 2.05) is 32.8 Å². The van der Waals surface area contributed by atoms with Gasteiger partial charge in [-0.1, -0.05) is 20.8 Å². The molecule has 0 saturated heterocycles. The Bertz CT molecular complexity index is 1580. The van der Waals surface area contributed by atoms with E-state index in [4.69, 9.17) is 14.5 Å². The van der Waals surface area contributed by atoms with Gasteiger partial charge in [0.15, 0.2) is 17.2 Å². The predicted molar refractivity (Wildman–Crippen MR) is 157 cm³/mol. The van der Waals surface area contributed by atoms with Gasteiger partial charge in [0.2, 0.25) is 0 Å². The number of benzene rings is 1. The number of aromatic nitrogens is 2. The molecule has 1 aromatic carbocycles. The number of aliphatic hydroxyl groups is 1. The van der Waals surface area contributed by atoms with Crippen LogP contribution in [0.25, 0.3) is 22.3 Å². The molecule has 3 heterocycles. The number of pyridine rings is 2. The summed E-state index contributed by atoms with van der Waals surface area (Å²) >= 11 is 0. The number of aryl methyl sites for hydroxylation is 1. The van der Waals surface area contributed by atoms with Gasteiger partial charge in [0.05, 0.1) is 36.1 Å². The van der Waals surface area contributed by atoms with Gasteiger partial charge in [-0.3, -0.25) is 14.4 Å². The van der Waals surface area contributed by atoms with E-state index in [9.17, 15) is 23.9 Å². The number of carbonyl (C=O) groups is 2. The third kappa shape index (κ3) is 5.63. The second-order valence-corrected chi connectivity index (χ2v) is 10.8. The van der Waals surface area contributed by atoms with Gasteiger partial charge in [-0.25, -0.2) is 9.37 Å². The average molecular weight is 583 g/mol. The van der Waals surface area contributed by atoms with E-state index < -0.39 is 35.5 Å². The van der Waals surface area contributed by atoms with Crippen LogP contribution in [-0.2, 0) is 39.5 Å². The summed E-state index contributed by atoms with van der Waals surface area (Å²) in [6.45, 7) is 6.07. The molecular formula is C31H39FN4O6. The van der Waals surface area contributed by atoms with Gasteiger partial charge in [-0.05, 0) is 51.1 Å². The summed E-state index contributed by atoms with van der Waals surface area (Å²) in [7, 11) is 5.13. The molecule has 1 aliphatic rings. The Balaban J connectivity index is 1.93. The summed E-state index contributed by atoms with van der Waals surface area (Å²) in [5, 5.41) is 15.3. The first-order valence-electron chi connectivity index (χ1n) is 14.3. The van der Waals surface area contributed by atoms with Crippen LogP contribution in [0.15, 0.2) is 23.0 Å². The minimum atomic E-state index is -2.08. The van der Waals surface area contributed by atoms with Crippen LogP contribution in [0, 0.1) is 5.82 Å². The van der Waals surface area contributed by atoms with Crippen LogP contribution in [0.1, 0.15) is 62.3 Å². The first-order valence-corrected chi connectivity index (χ1v) is 14.3. The Morgan fingerprint density at radius 1 is 1.19 bits per heavy atom. The first-order chi connectivity index (χ1) is 20.0. The highest BCUT2D eigenvalue weighted by Gasteiger charge is 2.41. The van der Waals surface area contributed by atoms with E-state index in [1.54, 1.807) is 19.1 Å². The largest absolute Gasteiger partial charge is 0.494 e. The fourth-order valence-corrected chi connectivity index (χ4v) is 5.46. The normalized spacial score (nSPS) is 13.5. The number of halogens is 1. The number of esters is 1. The number of nitrogens with zero attached hydrogens (tertiary/aromatic N) is 3. The zero-order valence-corrected chi connectivity index (χ0v) is 25.1. The van der Waals surface area contributed by atoms with Crippen molar-refractivity contribution >= 4 is 22.8 Å². The molecule has 2 N–H and O–H groups in total. The fraction of sp³-hybridized carbons (Fsp3) is 0.484. The molecular weight excluding hydrogens is 543 g/mol. The lowest BCUT2D eigenvalue weighted by Crippen LogP contribution is -2.47. The fourth-order valence-electron chi connectivity index (χ4n) is 5.46. The van der Waals surface area contributed by atoms with E-state index >= 15 is 0 Å². The van der Waals surface area contributed by atoms with Gasteiger partial charge < -0.3 is 29.4 Å². The molecule has 0 spiro atoms. The molecule has 10 nitrogen and oxygen atoms in total. The van der Waals surface area contributed by atoms with Gasteiger partial charge in [0.25, 0.3) is 11.5 Å². The number of hydrogen-bond donors (Lipinski definition) is 2. The number of ether oxygens (including phenoxy) is 2. The SMILES string of the molecule is CCCC(=O)OCc1c([C@@](O)(CC)C(=O)NCCN(C)C)cc2n(c1=O)Cc1c-2nc2cc(F)c(OC)cc2c1CC. The summed E-state index contributed by atoms with van der Waals surface area (Å²) in [6.07, 6.45) is 1.29. The van der Waals surface area contributed by atoms with Crippen molar-refractivity contribution in [2.75, 3.05) is 34.3 Å². The predicted octanol–water partition coefficient (Wildman–Crippen LogP) is 3.25. The summed E-state index contributed by atoms with van der Waals surface area (Å²) < 4.78 is 26.8. The van der Waals surface area contributed by atoms with Gasteiger partial charge in [-0.15, -0.1) is 0 Å². The standard InChI is InChI=1S/C31H39FN4O6/c1-7-10-27(37)42-17-21-22(31(40,9-3)30(39)33-11-12-35(4)5)14-25-28-20(16-36(25)29(21)38)18(8-2)19-13-26(41-6)23(32)15-24(19)34-28/h13-15,40H,7-12,16-17H2,1-6H3,(H,33,39)/t31-/m0/s1. The molecule has 0 radical (unpaired) electrons. The van der Waals surface area contributed by atoms with E-state index in [1.165, 1.54) is 17.7 Å². The van der Waals surface area contributed by atoms with Crippen molar-refractivity contribution in [1.82, 2.24) is 19.8 Å². The van der Waals surface area contributed by atoms with Crippen LogP contribution in [0.4, 0.5) is 4.39 Å². The molecule has 42 heavy (non-hydrogen) atoms. The molecule has 4 rings (SSSR count). The molecule has 0 saturated carbocycles. The summed E-state index contributed by atoms with van der Waals surface area (Å²) in [5.41, 5.74) is 0.458. The van der Waals surface area contributed by atoms with Crippen molar-refractivity contribution in [2.45, 2.75) is 65.2 Å². The van der Waals surface area contributed by atoms with Crippen molar-refractivity contribution in [3.63, 3.8) is 0 Å². The molecule has 0 aliphatic carbocycles. The summed E-state index contributed by atoms with van der Waals surface area (Å²) in [6, 6.07) is 4.50. The third-order valence-electron chi connectivity index (χ3n) is 7.80. The molecule has 226 valence electrons. The van der Waals surface area contributed by atoms with Gasteiger partial charge in [-0.2, -0.15) is 0 Å². The monoisotopic (exact) mass is 582 g/mol. The number of methoxy groups -OCH3 is 1. The Morgan fingerprint density at radius 2 is 1.93 bits per heavy atom. The lowest BCUT2D eigenvalue weighted by molar-refractivity contribution is -0.145. The van der Waals surface area contributed by atoms with Crippen LogP contribution in [0.3, 0.4) is 0 Å². The molecule has 0 unspecified atom stereocenters. The number of carbonyl (C=O) groups excluding carboxylic acids is 2. The zero-order chi connectivity index (χ0) is 30.8. The summed E-state index contributed by atoms with van der Waals surface area (Å²) in [4.78, 5) is 46.4. The average Bonchev–Trinajstić information content (AvgIpc) is 3.32. The Labute approximate surface area is 244 Å². The highest BCUT2D eigenvalue weighted by molar-refractivity contribution is 5.90. The maximum Gasteiger partial charge on any atom is 0.306 e. The molecule has 0 bridgehead atoms. The molecule has 2 aromatic heterocycles. The molecule has 3 aromatic rings. The maximum absolute atomic E-state index is 14.7. The van der Waals surface area contributed by atoms with E-state index in [0.29, 0.717) is 36.3 Å². The lowest BCUT2D eigenvalue weighted by Gasteiger charge is -2.29. The van der Waals surface area contributed by atoms with Crippen molar-refractivity contribution in [3.8, 4) is 17.1 Å². The Hall–Kier alpha value is -3.83. The second-order valence-electron chi connectivity index (χ2n) is 10.8. The zero-order valence-electron chi connectivity index (χ0n) is 25.1. The minimum absolute atomic E-state index is 0.0263. The number of amides is 1. The van der Waals surface area contributed by atoms with Crippen molar-refractivity contribution in [1.29, 1.82) is 0 Å². The van der Waals surface area contributed by atoms with E-state index in [0.717, 1.165) is 16.5 Å². The first kappa shape index (κ1) is 31.1. The smallest absolute Gasteiger partial charge is 0.306 e. The van der Waals surface area contributed by atoms with Gasteiger partial charge in [0, 0.05) is 42.1 Å². The lowest BCUT2D eigenvalue weighted by atomic mass is 9.86.